The summed E-state index contributed by atoms with van der Waals surface area (Å²) in [5.41, 5.74) is 2.46. The van der Waals surface area contributed by atoms with Gasteiger partial charge in [0.2, 0.25) is 0 Å². The molecule has 2 atom stereocenters. The third-order valence-electron chi connectivity index (χ3n) is 3.43. The SMILES string of the molecule is CNC(Cc1cc(C)nn1C)C1CCSC1. The van der Waals surface area contributed by atoms with Crippen LogP contribution in [0.4, 0.5) is 0 Å². The number of nitrogens with one attached hydrogen (secondary N) is 1. The second kappa shape index (κ2) is 5.23. The summed E-state index contributed by atoms with van der Waals surface area (Å²) in [4.78, 5) is 0. The van der Waals surface area contributed by atoms with Crippen LogP contribution in [0.3, 0.4) is 0 Å². The minimum atomic E-state index is 0.602. The molecule has 0 aliphatic carbocycles. The predicted molar refractivity (Wildman–Crippen MR) is 69.9 cm³/mol. The van der Waals surface area contributed by atoms with Crippen molar-refractivity contribution in [1.82, 2.24) is 15.1 Å². The lowest BCUT2D eigenvalue weighted by molar-refractivity contribution is 0.396. The highest BCUT2D eigenvalue weighted by Gasteiger charge is 2.25. The molecule has 1 N–H and O–H groups in total. The molecule has 0 radical (unpaired) electrons. The molecule has 2 unspecified atom stereocenters. The number of hydrogen-bond donors (Lipinski definition) is 1. The predicted octanol–water partition coefficient (Wildman–Crippen LogP) is 1.61. The monoisotopic (exact) mass is 239 g/mol. The fraction of sp³-hybridized carbons (Fsp3) is 0.750. The van der Waals surface area contributed by atoms with Crippen molar-refractivity contribution in [3.05, 3.63) is 17.5 Å². The summed E-state index contributed by atoms with van der Waals surface area (Å²) in [5, 5.41) is 7.88. The molecule has 16 heavy (non-hydrogen) atoms. The Labute approximate surface area is 102 Å². The number of thioether (sulfide) groups is 1. The van der Waals surface area contributed by atoms with E-state index >= 15 is 0 Å². The molecule has 1 aliphatic heterocycles. The van der Waals surface area contributed by atoms with Crippen molar-refractivity contribution < 1.29 is 0 Å². The van der Waals surface area contributed by atoms with Crippen LogP contribution in [0.15, 0.2) is 6.07 Å². The summed E-state index contributed by atoms with van der Waals surface area (Å²) in [6.07, 6.45) is 2.45. The first-order chi connectivity index (χ1) is 7.70. The van der Waals surface area contributed by atoms with Gasteiger partial charge in [-0.2, -0.15) is 16.9 Å². The molecule has 4 heteroatoms. The van der Waals surface area contributed by atoms with Gasteiger partial charge in [-0.25, -0.2) is 0 Å². The molecule has 0 bridgehead atoms. The van der Waals surface area contributed by atoms with Gasteiger partial charge in [-0.05, 0) is 43.9 Å². The van der Waals surface area contributed by atoms with E-state index in [9.17, 15) is 0 Å². The van der Waals surface area contributed by atoms with Gasteiger partial charge in [0.1, 0.15) is 0 Å². The molecular formula is C12H21N3S. The number of rotatable bonds is 4. The lowest BCUT2D eigenvalue weighted by Gasteiger charge is -2.22. The number of aryl methyl sites for hydroxylation is 2. The summed E-state index contributed by atoms with van der Waals surface area (Å²) in [6, 6.07) is 2.80. The summed E-state index contributed by atoms with van der Waals surface area (Å²) in [5.74, 6) is 3.46. The fourth-order valence-corrected chi connectivity index (χ4v) is 3.79. The number of nitrogens with zero attached hydrogens (tertiary/aromatic N) is 2. The summed E-state index contributed by atoms with van der Waals surface area (Å²) in [6.45, 7) is 2.06. The number of hydrogen-bond acceptors (Lipinski definition) is 3. The molecule has 1 fully saturated rings. The summed E-state index contributed by atoms with van der Waals surface area (Å²) in [7, 11) is 4.12. The lowest BCUT2D eigenvalue weighted by atomic mass is 9.95. The van der Waals surface area contributed by atoms with Gasteiger partial charge >= 0.3 is 0 Å². The third-order valence-corrected chi connectivity index (χ3v) is 4.62. The van der Waals surface area contributed by atoms with Gasteiger partial charge < -0.3 is 5.32 Å². The lowest BCUT2D eigenvalue weighted by Crippen LogP contribution is -2.36. The van der Waals surface area contributed by atoms with E-state index in [2.05, 4.69) is 42.2 Å². The Hall–Kier alpha value is -0.480. The normalized spacial score (nSPS) is 22.6. The summed E-state index contributed by atoms with van der Waals surface area (Å²) >= 11 is 2.08. The van der Waals surface area contributed by atoms with E-state index in [1.807, 2.05) is 11.7 Å². The Balaban J connectivity index is 2.03. The molecule has 3 nitrogen and oxygen atoms in total. The molecule has 0 aromatic carbocycles. The van der Waals surface area contributed by atoms with Crippen LogP contribution >= 0.6 is 11.8 Å². The van der Waals surface area contributed by atoms with E-state index in [0.717, 1.165) is 18.0 Å². The average molecular weight is 239 g/mol. The zero-order valence-electron chi connectivity index (χ0n) is 10.4. The molecule has 1 aliphatic rings. The zero-order valence-corrected chi connectivity index (χ0v) is 11.2. The Kier molecular flexibility index (Phi) is 3.92. The maximum atomic E-state index is 4.41. The number of aromatic nitrogens is 2. The van der Waals surface area contributed by atoms with E-state index in [0.29, 0.717) is 6.04 Å². The van der Waals surface area contributed by atoms with E-state index in [1.165, 1.54) is 23.6 Å². The molecule has 0 spiro atoms. The minimum absolute atomic E-state index is 0.602. The number of likely N-dealkylation sites (N-methyl/N-ethyl adjacent to an activating group) is 1. The van der Waals surface area contributed by atoms with Crippen LogP contribution in [0.2, 0.25) is 0 Å². The van der Waals surface area contributed by atoms with E-state index < -0.39 is 0 Å². The second-order valence-corrected chi connectivity index (χ2v) is 5.77. The van der Waals surface area contributed by atoms with Crippen molar-refractivity contribution >= 4 is 11.8 Å². The topological polar surface area (TPSA) is 29.9 Å². The molecule has 1 aromatic rings. The van der Waals surface area contributed by atoms with Crippen molar-refractivity contribution in [1.29, 1.82) is 0 Å². The van der Waals surface area contributed by atoms with Crippen molar-refractivity contribution in [3.8, 4) is 0 Å². The fourth-order valence-electron chi connectivity index (χ4n) is 2.46. The van der Waals surface area contributed by atoms with Gasteiger partial charge in [-0.3, -0.25) is 4.68 Å². The molecule has 0 saturated carbocycles. The Morgan fingerprint density at radius 1 is 1.69 bits per heavy atom. The molecular weight excluding hydrogens is 218 g/mol. The van der Waals surface area contributed by atoms with Crippen LogP contribution in [0.1, 0.15) is 17.8 Å². The largest absolute Gasteiger partial charge is 0.316 e. The van der Waals surface area contributed by atoms with Gasteiger partial charge in [0.25, 0.3) is 0 Å². The van der Waals surface area contributed by atoms with Crippen LogP contribution in [0.25, 0.3) is 0 Å². The van der Waals surface area contributed by atoms with Crippen LogP contribution in [-0.4, -0.2) is 34.4 Å². The van der Waals surface area contributed by atoms with Crippen LogP contribution in [0, 0.1) is 12.8 Å². The highest BCUT2D eigenvalue weighted by atomic mass is 32.2. The van der Waals surface area contributed by atoms with E-state index in [1.54, 1.807) is 0 Å². The van der Waals surface area contributed by atoms with Crippen molar-refractivity contribution in [2.45, 2.75) is 25.8 Å². The van der Waals surface area contributed by atoms with Crippen molar-refractivity contribution in [3.63, 3.8) is 0 Å². The van der Waals surface area contributed by atoms with Gasteiger partial charge in [-0.1, -0.05) is 0 Å². The molecule has 1 saturated heterocycles. The first-order valence-electron chi connectivity index (χ1n) is 5.95. The first kappa shape index (κ1) is 12.0. The maximum Gasteiger partial charge on any atom is 0.0596 e. The van der Waals surface area contributed by atoms with Crippen molar-refractivity contribution in [2.24, 2.45) is 13.0 Å². The molecule has 2 heterocycles. The van der Waals surface area contributed by atoms with E-state index in [4.69, 9.17) is 0 Å². The van der Waals surface area contributed by atoms with Gasteiger partial charge in [0.05, 0.1) is 5.69 Å². The standard InChI is InChI=1S/C12H21N3S/c1-9-6-11(15(3)14-9)7-12(13-2)10-4-5-16-8-10/h6,10,12-13H,4-5,7-8H2,1-3H3. The van der Waals surface area contributed by atoms with Gasteiger partial charge in [-0.15, -0.1) is 0 Å². The highest BCUT2D eigenvalue weighted by Crippen LogP contribution is 2.27. The zero-order chi connectivity index (χ0) is 11.5. The summed E-state index contributed by atoms with van der Waals surface area (Å²) < 4.78 is 2.02. The quantitative estimate of drug-likeness (QED) is 0.866. The highest BCUT2D eigenvalue weighted by molar-refractivity contribution is 7.99. The molecule has 0 amide bonds. The average Bonchev–Trinajstić information content (AvgIpc) is 2.85. The minimum Gasteiger partial charge on any atom is -0.316 e. The third kappa shape index (κ3) is 2.61. The van der Waals surface area contributed by atoms with Crippen LogP contribution in [-0.2, 0) is 13.5 Å². The van der Waals surface area contributed by atoms with Gasteiger partial charge in [0.15, 0.2) is 0 Å². The molecule has 2 rings (SSSR count). The van der Waals surface area contributed by atoms with Gasteiger partial charge in [0, 0.05) is 25.2 Å². The maximum absolute atomic E-state index is 4.41. The van der Waals surface area contributed by atoms with Crippen molar-refractivity contribution in [2.75, 3.05) is 18.6 Å². The van der Waals surface area contributed by atoms with E-state index in [-0.39, 0.29) is 0 Å². The smallest absolute Gasteiger partial charge is 0.0596 e. The first-order valence-corrected chi connectivity index (χ1v) is 7.10. The molecule has 1 aromatic heterocycles. The van der Waals surface area contributed by atoms with Crippen LogP contribution in [0.5, 0.6) is 0 Å². The Bertz CT molecular complexity index is 342. The second-order valence-electron chi connectivity index (χ2n) is 4.62. The Morgan fingerprint density at radius 2 is 2.50 bits per heavy atom. The Morgan fingerprint density at radius 3 is 3.00 bits per heavy atom. The molecule has 90 valence electrons. The van der Waals surface area contributed by atoms with Crippen LogP contribution < -0.4 is 5.32 Å².